The summed E-state index contributed by atoms with van der Waals surface area (Å²) in [5.41, 5.74) is 6.50. The van der Waals surface area contributed by atoms with Gasteiger partial charge in [0.2, 0.25) is 0 Å². The lowest BCUT2D eigenvalue weighted by Gasteiger charge is -2.43. The predicted octanol–water partition coefficient (Wildman–Crippen LogP) is 5.42. The summed E-state index contributed by atoms with van der Waals surface area (Å²) in [4.78, 5) is 18.8. The maximum Gasteiger partial charge on any atom is 0.253 e. The van der Waals surface area contributed by atoms with Gasteiger partial charge in [-0.05, 0) is 65.4 Å². The Morgan fingerprint density at radius 2 is 1.73 bits per heavy atom. The Labute approximate surface area is 264 Å². The minimum Gasteiger partial charge on any atom is -0.395 e. The van der Waals surface area contributed by atoms with Gasteiger partial charge in [0.15, 0.2) is 6.29 Å². The van der Waals surface area contributed by atoms with Crippen LogP contribution in [0.3, 0.4) is 0 Å². The number of carbonyl (C=O) groups excluding carboxylic acids is 1. The van der Waals surface area contributed by atoms with E-state index < -0.39 is 6.29 Å². The SMILES string of the molecule is C[C@@H]1[C@H](CN2CCC[C@H]2CO)O[C@H](c2ccc(-c3cccc(CNC(=O)c4cccnc4)c3)cc2)O[C@@H]1c1ccc(CO)cc1. The Kier molecular flexibility index (Phi) is 9.98. The first kappa shape index (κ1) is 31.1. The lowest BCUT2D eigenvalue weighted by Crippen LogP contribution is -2.46. The average Bonchev–Trinajstić information content (AvgIpc) is 3.56. The number of aliphatic hydroxyl groups is 2. The average molecular weight is 608 g/mol. The molecule has 45 heavy (non-hydrogen) atoms. The van der Waals surface area contributed by atoms with Crippen molar-refractivity contribution in [3.8, 4) is 11.1 Å². The van der Waals surface area contributed by atoms with Crippen molar-refractivity contribution in [2.75, 3.05) is 19.7 Å². The first-order valence-electron chi connectivity index (χ1n) is 15.8. The number of likely N-dealkylation sites (tertiary alicyclic amines) is 1. The second-order valence-corrected chi connectivity index (χ2v) is 12.0. The van der Waals surface area contributed by atoms with E-state index in [0.29, 0.717) is 12.1 Å². The molecule has 0 spiro atoms. The summed E-state index contributed by atoms with van der Waals surface area (Å²) >= 11 is 0. The Bertz CT molecular complexity index is 1550. The van der Waals surface area contributed by atoms with E-state index in [-0.39, 0.29) is 43.3 Å². The van der Waals surface area contributed by atoms with Gasteiger partial charge in [-0.3, -0.25) is 14.7 Å². The molecule has 2 aliphatic heterocycles. The number of aromatic nitrogens is 1. The number of aliphatic hydroxyl groups excluding tert-OH is 2. The van der Waals surface area contributed by atoms with Gasteiger partial charge in [-0.25, -0.2) is 0 Å². The standard InChI is InChI=1S/C37H41N3O5/c1-25-34(22-40-18-4-8-33(40)24-42)44-37(45-35(25)29-11-9-26(23-41)10-12-29)30-15-13-28(14-16-30)31-6-2-5-27(19-31)20-39-36(43)32-7-3-17-38-21-32/h2-3,5-7,9-17,19,21,25,33-35,37,41-42H,4,8,18,20,22-24H2,1H3,(H,39,43)/t25-,33+,34+,35+,37+/m1/s1. The van der Waals surface area contributed by atoms with Crippen LogP contribution in [0, 0.1) is 5.92 Å². The second-order valence-electron chi connectivity index (χ2n) is 12.0. The van der Waals surface area contributed by atoms with Gasteiger partial charge < -0.3 is 25.0 Å². The van der Waals surface area contributed by atoms with Crippen molar-refractivity contribution in [3.05, 3.63) is 125 Å². The summed E-state index contributed by atoms with van der Waals surface area (Å²) in [5, 5.41) is 22.4. The number of benzene rings is 3. The molecule has 8 heteroatoms. The number of nitrogens with zero attached hydrogens (tertiary/aromatic N) is 2. The summed E-state index contributed by atoms with van der Waals surface area (Å²) in [6, 6.07) is 28.0. The molecule has 1 aromatic heterocycles. The number of nitrogens with one attached hydrogen (secondary N) is 1. The summed E-state index contributed by atoms with van der Waals surface area (Å²) in [7, 11) is 0. The molecule has 2 saturated heterocycles. The number of pyridine rings is 1. The van der Waals surface area contributed by atoms with Gasteiger partial charge in [-0.15, -0.1) is 0 Å². The van der Waals surface area contributed by atoms with Crippen molar-refractivity contribution in [1.29, 1.82) is 0 Å². The molecule has 234 valence electrons. The van der Waals surface area contributed by atoms with Crippen LogP contribution in [0.25, 0.3) is 11.1 Å². The van der Waals surface area contributed by atoms with Crippen LogP contribution in [0.1, 0.15) is 64.8 Å². The van der Waals surface area contributed by atoms with Crippen molar-refractivity contribution in [1.82, 2.24) is 15.2 Å². The fourth-order valence-corrected chi connectivity index (χ4v) is 6.38. The molecule has 4 aromatic rings. The zero-order valence-electron chi connectivity index (χ0n) is 25.6. The molecule has 1 amide bonds. The monoisotopic (exact) mass is 607 g/mol. The van der Waals surface area contributed by atoms with Gasteiger partial charge in [0, 0.05) is 43.0 Å². The molecule has 0 saturated carbocycles. The van der Waals surface area contributed by atoms with Crippen molar-refractivity contribution in [3.63, 3.8) is 0 Å². The molecule has 0 unspecified atom stereocenters. The van der Waals surface area contributed by atoms with E-state index in [1.165, 1.54) is 0 Å². The highest BCUT2D eigenvalue weighted by atomic mass is 16.7. The molecule has 3 N–H and O–H groups in total. The molecule has 8 nitrogen and oxygen atoms in total. The zero-order chi connectivity index (χ0) is 31.2. The minimum atomic E-state index is -0.549. The lowest BCUT2D eigenvalue weighted by molar-refractivity contribution is -0.276. The fourth-order valence-electron chi connectivity index (χ4n) is 6.38. The Morgan fingerprint density at radius 3 is 2.47 bits per heavy atom. The normalized spacial score (nSPS) is 23.6. The summed E-state index contributed by atoms with van der Waals surface area (Å²) in [6.45, 7) is 4.44. The highest BCUT2D eigenvalue weighted by Gasteiger charge is 2.40. The van der Waals surface area contributed by atoms with E-state index in [9.17, 15) is 15.0 Å². The molecule has 0 aliphatic carbocycles. The van der Waals surface area contributed by atoms with Crippen LogP contribution in [0.4, 0.5) is 0 Å². The first-order chi connectivity index (χ1) is 22.0. The van der Waals surface area contributed by atoms with Crippen LogP contribution in [-0.2, 0) is 22.6 Å². The van der Waals surface area contributed by atoms with E-state index in [4.69, 9.17) is 9.47 Å². The van der Waals surface area contributed by atoms with Crippen LogP contribution in [0.15, 0.2) is 97.3 Å². The first-order valence-corrected chi connectivity index (χ1v) is 15.8. The highest BCUT2D eigenvalue weighted by molar-refractivity contribution is 5.93. The number of ether oxygens (including phenoxy) is 2. The quantitative estimate of drug-likeness (QED) is 0.221. The van der Waals surface area contributed by atoms with Crippen LogP contribution in [0.5, 0.6) is 0 Å². The molecular weight excluding hydrogens is 566 g/mol. The molecule has 6 rings (SSSR count). The number of amides is 1. The number of carbonyl (C=O) groups is 1. The van der Waals surface area contributed by atoms with Gasteiger partial charge in [-0.2, -0.15) is 0 Å². The van der Waals surface area contributed by atoms with Crippen molar-refractivity contribution in [2.24, 2.45) is 5.92 Å². The number of hydrogen-bond acceptors (Lipinski definition) is 7. The van der Waals surface area contributed by atoms with Gasteiger partial charge >= 0.3 is 0 Å². The maximum atomic E-state index is 12.5. The maximum absolute atomic E-state index is 12.5. The van der Waals surface area contributed by atoms with E-state index in [0.717, 1.165) is 59.3 Å². The Balaban J connectivity index is 1.18. The minimum absolute atomic E-state index is 0.00250. The van der Waals surface area contributed by atoms with Crippen LogP contribution >= 0.6 is 0 Å². The van der Waals surface area contributed by atoms with Gasteiger partial charge in [-0.1, -0.05) is 73.7 Å². The predicted molar refractivity (Wildman–Crippen MR) is 172 cm³/mol. The second kappa shape index (κ2) is 14.5. The van der Waals surface area contributed by atoms with Gasteiger partial charge in [0.1, 0.15) is 0 Å². The van der Waals surface area contributed by atoms with E-state index in [2.05, 4.69) is 58.5 Å². The Hall–Kier alpha value is -3.92. The Morgan fingerprint density at radius 1 is 0.933 bits per heavy atom. The summed E-state index contributed by atoms with van der Waals surface area (Å²) in [6.07, 6.45) is 4.47. The molecule has 0 radical (unpaired) electrons. The number of rotatable bonds is 10. The molecule has 3 aromatic carbocycles. The molecule has 5 atom stereocenters. The third-order valence-corrected chi connectivity index (χ3v) is 9.07. The van der Waals surface area contributed by atoms with E-state index in [1.54, 1.807) is 24.5 Å². The molecule has 0 bridgehead atoms. The lowest BCUT2D eigenvalue weighted by atomic mass is 9.89. The third kappa shape index (κ3) is 7.32. The van der Waals surface area contributed by atoms with Crippen LogP contribution in [-0.4, -0.2) is 57.8 Å². The van der Waals surface area contributed by atoms with E-state index >= 15 is 0 Å². The third-order valence-electron chi connectivity index (χ3n) is 9.07. The fraction of sp³-hybridized carbons (Fsp3) is 0.351. The highest BCUT2D eigenvalue weighted by Crippen LogP contribution is 2.42. The summed E-state index contributed by atoms with van der Waals surface area (Å²) < 4.78 is 13.3. The largest absolute Gasteiger partial charge is 0.395 e. The van der Waals surface area contributed by atoms with Gasteiger partial charge in [0.25, 0.3) is 5.91 Å². The molecule has 2 aliphatic rings. The zero-order valence-corrected chi connectivity index (χ0v) is 25.6. The van der Waals surface area contributed by atoms with Crippen molar-refractivity contribution < 1.29 is 24.5 Å². The summed E-state index contributed by atoms with van der Waals surface area (Å²) in [5.74, 6) is -0.0703. The van der Waals surface area contributed by atoms with Crippen LogP contribution in [0.2, 0.25) is 0 Å². The van der Waals surface area contributed by atoms with Gasteiger partial charge in [0.05, 0.1) is 31.0 Å². The van der Waals surface area contributed by atoms with Crippen LogP contribution < -0.4 is 5.32 Å². The molecular formula is C37H41N3O5. The molecule has 2 fully saturated rings. The van der Waals surface area contributed by atoms with E-state index in [1.807, 2.05) is 36.4 Å². The molecule has 3 heterocycles. The number of hydrogen-bond donors (Lipinski definition) is 3. The van der Waals surface area contributed by atoms with Crippen molar-refractivity contribution in [2.45, 2.75) is 57.5 Å². The topological polar surface area (TPSA) is 104 Å². The smallest absolute Gasteiger partial charge is 0.253 e. The van der Waals surface area contributed by atoms with Crippen molar-refractivity contribution >= 4 is 5.91 Å².